The third kappa shape index (κ3) is 2.68. The van der Waals surface area contributed by atoms with Gasteiger partial charge in [0.15, 0.2) is 5.82 Å². The summed E-state index contributed by atoms with van der Waals surface area (Å²) in [5, 5.41) is 0.0904. The molecular formula is C13H13ClFNO. The molecule has 90 valence electrons. The molecule has 1 heterocycles. The molecule has 2 nitrogen and oxygen atoms in total. The molecule has 2 rings (SSSR count). The lowest BCUT2D eigenvalue weighted by Crippen LogP contribution is -2.17. The molecule has 17 heavy (non-hydrogen) atoms. The molecule has 1 aromatic heterocycles. The summed E-state index contributed by atoms with van der Waals surface area (Å²) in [5.74, 6) is 0.755. The average Bonchev–Trinajstić information content (AvgIpc) is 2.69. The Kier molecular flexibility index (Phi) is 3.50. The third-order valence-electron chi connectivity index (χ3n) is 2.40. The average molecular weight is 254 g/mol. The number of rotatable bonds is 3. The van der Waals surface area contributed by atoms with Crippen molar-refractivity contribution in [3.05, 3.63) is 46.9 Å². The van der Waals surface area contributed by atoms with Gasteiger partial charge in [0.2, 0.25) is 0 Å². The van der Waals surface area contributed by atoms with Crippen molar-refractivity contribution in [1.82, 2.24) is 0 Å². The van der Waals surface area contributed by atoms with Gasteiger partial charge >= 0.3 is 0 Å². The van der Waals surface area contributed by atoms with E-state index in [0.29, 0.717) is 17.7 Å². The number of hydrogen-bond acceptors (Lipinski definition) is 2. The summed E-state index contributed by atoms with van der Waals surface area (Å²) in [6.45, 7) is 1.89. The first-order valence-electron chi connectivity index (χ1n) is 5.36. The normalized spacial score (nSPS) is 12.7. The van der Waals surface area contributed by atoms with E-state index in [9.17, 15) is 4.39 Å². The van der Waals surface area contributed by atoms with Crippen LogP contribution in [0.15, 0.2) is 34.7 Å². The van der Waals surface area contributed by atoms with Gasteiger partial charge in [0.1, 0.15) is 11.5 Å². The summed E-state index contributed by atoms with van der Waals surface area (Å²) in [7, 11) is 0. The van der Waals surface area contributed by atoms with Gasteiger partial charge in [-0.2, -0.15) is 0 Å². The van der Waals surface area contributed by atoms with Crippen LogP contribution in [0.1, 0.15) is 12.7 Å². The van der Waals surface area contributed by atoms with Gasteiger partial charge in [-0.1, -0.05) is 17.7 Å². The first-order valence-corrected chi connectivity index (χ1v) is 5.74. The van der Waals surface area contributed by atoms with Crippen molar-refractivity contribution in [3.8, 4) is 11.3 Å². The van der Waals surface area contributed by atoms with Crippen molar-refractivity contribution < 1.29 is 8.81 Å². The van der Waals surface area contributed by atoms with Gasteiger partial charge in [0.25, 0.3) is 0 Å². The first-order chi connectivity index (χ1) is 8.08. The molecule has 0 radical (unpaired) electrons. The fourth-order valence-electron chi connectivity index (χ4n) is 1.64. The Balaban J connectivity index is 2.34. The van der Waals surface area contributed by atoms with Crippen LogP contribution in [0, 0.1) is 5.82 Å². The SMILES string of the molecule is CC(N)Cc1ccc(-c2cccc(Cl)c2F)o1. The summed E-state index contributed by atoms with van der Waals surface area (Å²) in [4.78, 5) is 0. The summed E-state index contributed by atoms with van der Waals surface area (Å²) in [6.07, 6.45) is 0.627. The van der Waals surface area contributed by atoms with Crippen molar-refractivity contribution in [2.24, 2.45) is 5.73 Å². The number of halogens is 2. The molecule has 0 saturated carbocycles. The zero-order chi connectivity index (χ0) is 12.4. The van der Waals surface area contributed by atoms with Crippen LogP contribution in [0.2, 0.25) is 5.02 Å². The Labute approximate surface area is 104 Å². The van der Waals surface area contributed by atoms with Crippen molar-refractivity contribution in [2.75, 3.05) is 0 Å². The van der Waals surface area contributed by atoms with Crippen LogP contribution >= 0.6 is 11.6 Å². The van der Waals surface area contributed by atoms with E-state index in [1.54, 1.807) is 24.3 Å². The number of nitrogens with two attached hydrogens (primary N) is 1. The van der Waals surface area contributed by atoms with Crippen molar-refractivity contribution in [2.45, 2.75) is 19.4 Å². The van der Waals surface area contributed by atoms with Gasteiger partial charge in [0, 0.05) is 12.5 Å². The van der Waals surface area contributed by atoms with Crippen LogP contribution in [0.3, 0.4) is 0 Å². The number of benzene rings is 1. The van der Waals surface area contributed by atoms with Crippen molar-refractivity contribution in [3.63, 3.8) is 0 Å². The molecule has 0 saturated heterocycles. The molecule has 2 aromatic rings. The van der Waals surface area contributed by atoms with Crippen LogP contribution in [0.5, 0.6) is 0 Å². The minimum absolute atomic E-state index is 0.0122. The Morgan fingerprint density at radius 2 is 2.12 bits per heavy atom. The highest BCUT2D eigenvalue weighted by Crippen LogP contribution is 2.29. The second-order valence-electron chi connectivity index (χ2n) is 4.05. The zero-order valence-corrected chi connectivity index (χ0v) is 10.2. The summed E-state index contributed by atoms with van der Waals surface area (Å²) in [6, 6.07) is 8.38. The van der Waals surface area contributed by atoms with Crippen LogP contribution in [0.4, 0.5) is 4.39 Å². The monoisotopic (exact) mass is 253 g/mol. The zero-order valence-electron chi connectivity index (χ0n) is 9.41. The quantitative estimate of drug-likeness (QED) is 0.907. The van der Waals surface area contributed by atoms with E-state index in [2.05, 4.69) is 0 Å². The second-order valence-corrected chi connectivity index (χ2v) is 4.46. The molecule has 4 heteroatoms. The highest BCUT2D eigenvalue weighted by atomic mass is 35.5. The molecule has 1 atom stereocenters. The maximum absolute atomic E-state index is 13.7. The van der Waals surface area contributed by atoms with Gasteiger partial charge in [-0.25, -0.2) is 4.39 Å². The van der Waals surface area contributed by atoms with Crippen LogP contribution in [0.25, 0.3) is 11.3 Å². The molecule has 0 amide bonds. The smallest absolute Gasteiger partial charge is 0.152 e. The summed E-state index contributed by atoms with van der Waals surface area (Å²) in [5.41, 5.74) is 6.04. The molecule has 0 aliphatic rings. The predicted molar refractivity (Wildman–Crippen MR) is 66.5 cm³/mol. The Morgan fingerprint density at radius 1 is 1.35 bits per heavy atom. The molecule has 0 aliphatic carbocycles. The fraction of sp³-hybridized carbons (Fsp3) is 0.231. The Bertz CT molecular complexity index is 522. The molecule has 0 fully saturated rings. The fourth-order valence-corrected chi connectivity index (χ4v) is 1.82. The van der Waals surface area contributed by atoms with E-state index in [0.717, 1.165) is 5.76 Å². The maximum atomic E-state index is 13.7. The summed E-state index contributed by atoms with van der Waals surface area (Å²) < 4.78 is 19.3. The van der Waals surface area contributed by atoms with Gasteiger partial charge in [-0.15, -0.1) is 0 Å². The van der Waals surface area contributed by atoms with Gasteiger partial charge in [-0.05, 0) is 31.2 Å². The standard InChI is InChI=1S/C13H13ClFNO/c1-8(16)7-9-5-6-12(17-9)10-3-2-4-11(14)13(10)15/h2-6,8H,7,16H2,1H3. The van der Waals surface area contributed by atoms with E-state index in [4.69, 9.17) is 21.8 Å². The molecular weight excluding hydrogens is 241 g/mol. The lowest BCUT2D eigenvalue weighted by Gasteiger charge is -2.02. The van der Waals surface area contributed by atoms with Gasteiger partial charge in [-0.3, -0.25) is 0 Å². The van der Waals surface area contributed by atoms with E-state index < -0.39 is 5.82 Å². The third-order valence-corrected chi connectivity index (χ3v) is 2.69. The molecule has 0 spiro atoms. The Morgan fingerprint density at radius 3 is 2.82 bits per heavy atom. The number of furan rings is 1. The Hall–Kier alpha value is -1.32. The minimum Gasteiger partial charge on any atom is -0.461 e. The highest BCUT2D eigenvalue weighted by molar-refractivity contribution is 6.31. The van der Waals surface area contributed by atoms with E-state index in [1.165, 1.54) is 6.07 Å². The van der Waals surface area contributed by atoms with E-state index >= 15 is 0 Å². The second kappa shape index (κ2) is 4.90. The molecule has 0 bridgehead atoms. The van der Waals surface area contributed by atoms with E-state index in [1.807, 2.05) is 6.92 Å². The van der Waals surface area contributed by atoms with Crippen LogP contribution in [-0.2, 0) is 6.42 Å². The van der Waals surface area contributed by atoms with Gasteiger partial charge < -0.3 is 10.2 Å². The highest BCUT2D eigenvalue weighted by Gasteiger charge is 2.12. The largest absolute Gasteiger partial charge is 0.461 e. The molecule has 0 aliphatic heterocycles. The molecule has 2 N–H and O–H groups in total. The molecule has 1 aromatic carbocycles. The molecule has 1 unspecified atom stereocenters. The lowest BCUT2D eigenvalue weighted by molar-refractivity contribution is 0.499. The topological polar surface area (TPSA) is 39.2 Å². The number of hydrogen-bond donors (Lipinski definition) is 1. The van der Waals surface area contributed by atoms with Crippen LogP contribution < -0.4 is 5.73 Å². The minimum atomic E-state index is -0.462. The van der Waals surface area contributed by atoms with Crippen LogP contribution in [-0.4, -0.2) is 6.04 Å². The summed E-state index contributed by atoms with van der Waals surface area (Å²) >= 11 is 5.72. The van der Waals surface area contributed by atoms with Crippen molar-refractivity contribution in [1.29, 1.82) is 0 Å². The first kappa shape index (κ1) is 12.1. The van der Waals surface area contributed by atoms with Gasteiger partial charge in [0.05, 0.1) is 10.6 Å². The van der Waals surface area contributed by atoms with E-state index in [-0.39, 0.29) is 11.1 Å². The predicted octanol–water partition coefficient (Wildman–Crippen LogP) is 3.63. The lowest BCUT2D eigenvalue weighted by atomic mass is 10.1. The van der Waals surface area contributed by atoms with Crippen molar-refractivity contribution >= 4 is 11.6 Å². The maximum Gasteiger partial charge on any atom is 0.152 e.